The molecule has 42 heavy (non-hydrogen) atoms. The molecular formula is C40H41ClZr. The van der Waals surface area contributed by atoms with Gasteiger partial charge in [0.1, 0.15) is 0 Å². The van der Waals surface area contributed by atoms with E-state index in [1.165, 1.54) is 50.1 Å². The summed E-state index contributed by atoms with van der Waals surface area (Å²) in [6, 6.07) is 32.5. The fourth-order valence-corrected chi connectivity index (χ4v) is 15.6. The van der Waals surface area contributed by atoms with Gasteiger partial charge < -0.3 is 0 Å². The molecule has 2 heteroatoms. The van der Waals surface area contributed by atoms with E-state index >= 15 is 0 Å². The molecule has 212 valence electrons. The van der Waals surface area contributed by atoms with Crippen LogP contribution < -0.4 is 0 Å². The van der Waals surface area contributed by atoms with Crippen molar-refractivity contribution < 1.29 is 21.3 Å². The Morgan fingerprint density at radius 1 is 0.714 bits per heavy atom. The van der Waals surface area contributed by atoms with Gasteiger partial charge in [-0.05, 0) is 0 Å². The molecule has 6 rings (SSSR count). The van der Waals surface area contributed by atoms with Gasteiger partial charge in [0.25, 0.3) is 0 Å². The van der Waals surface area contributed by atoms with E-state index in [9.17, 15) is 0 Å². The molecule has 0 amide bonds. The summed E-state index contributed by atoms with van der Waals surface area (Å²) in [5.41, 5.74) is 12.8. The van der Waals surface area contributed by atoms with Gasteiger partial charge in [-0.1, -0.05) is 0 Å². The number of hydrogen-bond acceptors (Lipinski definition) is 0. The first-order valence-electron chi connectivity index (χ1n) is 15.1. The summed E-state index contributed by atoms with van der Waals surface area (Å²) in [5, 5.41) is 0.802. The Morgan fingerprint density at radius 3 is 1.81 bits per heavy atom. The molecule has 0 nitrogen and oxygen atoms in total. The van der Waals surface area contributed by atoms with E-state index in [4.69, 9.17) is 11.6 Å². The van der Waals surface area contributed by atoms with Crippen molar-refractivity contribution >= 4 is 14.8 Å². The molecule has 0 unspecified atom stereocenters. The minimum atomic E-state index is -2.76. The van der Waals surface area contributed by atoms with Crippen molar-refractivity contribution in [1.29, 1.82) is 0 Å². The predicted octanol–water partition coefficient (Wildman–Crippen LogP) is 11.0. The van der Waals surface area contributed by atoms with Crippen LogP contribution in [0.4, 0.5) is 0 Å². The molecule has 0 saturated carbocycles. The molecule has 0 aliphatic heterocycles. The predicted molar refractivity (Wildman–Crippen MR) is 179 cm³/mol. The summed E-state index contributed by atoms with van der Waals surface area (Å²) in [7, 11) is 0. The van der Waals surface area contributed by atoms with Crippen molar-refractivity contribution in [2.24, 2.45) is 0 Å². The van der Waals surface area contributed by atoms with Gasteiger partial charge in [0.05, 0.1) is 0 Å². The number of hydrogen-bond donors (Lipinski definition) is 0. The first-order chi connectivity index (χ1) is 19.9. The number of rotatable bonds is 4. The molecule has 4 aromatic carbocycles. The van der Waals surface area contributed by atoms with Crippen LogP contribution in [-0.4, -0.2) is 3.21 Å². The summed E-state index contributed by atoms with van der Waals surface area (Å²) in [6.45, 7) is 16.2. The van der Waals surface area contributed by atoms with Gasteiger partial charge in [-0.2, -0.15) is 0 Å². The Hall–Kier alpha value is -2.60. The SMILES string of the molecule is Cc1ccc([C](c2cccc(Cl)c2)=[Zr]([C]2=CC=CC2)[CH]2c3cc(C(C)(C)C)ccc3-c3ccc(C(C)(C)C)cc32)cc1. The Labute approximate surface area is 265 Å². The van der Waals surface area contributed by atoms with Crippen LogP contribution in [0.25, 0.3) is 11.1 Å². The fraction of sp³-hybridized carbons (Fsp3) is 0.275. The van der Waals surface area contributed by atoms with Gasteiger partial charge in [0.15, 0.2) is 0 Å². The van der Waals surface area contributed by atoms with E-state index < -0.39 is 21.3 Å². The third kappa shape index (κ3) is 5.56. The van der Waals surface area contributed by atoms with E-state index in [-0.39, 0.29) is 10.8 Å². The molecule has 0 bridgehead atoms. The molecule has 4 aromatic rings. The molecule has 0 spiro atoms. The number of benzene rings is 4. The minimum absolute atomic E-state index is 0.0824. The summed E-state index contributed by atoms with van der Waals surface area (Å²) in [6.07, 6.45) is 8.14. The maximum atomic E-state index is 6.71. The molecule has 0 atom stereocenters. The average Bonchev–Trinajstić information content (AvgIpc) is 3.58. The van der Waals surface area contributed by atoms with Gasteiger partial charge in [0.2, 0.25) is 0 Å². The summed E-state index contributed by atoms with van der Waals surface area (Å²) in [4.78, 5) is 0. The van der Waals surface area contributed by atoms with E-state index in [1.807, 2.05) is 6.07 Å². The van der Waals surface area contributed by atoms with Crippen molar-refractivity contribution in [3.63, 3.8) is 0 Å². The van der Waals surface area contributed by atoms with Gasteiger partial charge in [-0.15, -0.1) is 0 Å². The van der Waals surface area contributed by atoms with Crippen molar-refractivity contribution in [3.05, 3.63) is 150 Å². The molecule has 0 radical (unpaired) electrons. The second-order valence-corrected chi connectivity index (χ2v) is 20.7. The van der Waals surface area contributed by atoms with Crippen molar-refractivity contribution in [3.8, 4) is 11.1 Å². The van der Waals surface area contributed by atoms with Crippen LogP contribution in [0.2, 0.25) is 5.02 Å². The van der Waals surface area contributed by atoms with Crippen LogP contribution in [0.3, 0.4) is 0 Å². The van der Waals surface area contributed by atoms with Gasteiger partial charge in [-0.25, -0.2) is 0 Å². The topological polar surface area (TPSA) is 0 Å². The maximum absolute atomic E-state index is 6.71. The van der Waals surface area contributed by atoms with Gasteiger partial charge in [0, 0.05) is 0 Å². The Bertz CT molecular complexity index is 1700. The normalized spacial score (nSPS) is 15.4. The van der Waals surface area contributed by atoms with E-state index in [0.717, 1.165) is 11.4 Å². The fourth-order valence-electron chi connectivity index (χ4n) is 6.48. The van der Waals surface area contributed by atoms with Crippen LogP contribution >= 0.6 is 11.6 Å². The Balaban J connectivity index is 1.75. The second-order valence-electron chi connectivity index (χ2n) is 14.0. The number of aryl methyl sites for hydroxylation is 1. The van der Waals surface area contributed by atoms with E-state index in [0.29, 0.717) is 3.63 Å². The van der Waals surface area contributed by atoms with Crippen LogP contribution in [0, 0.1) is 6.92 Å². The van der Waals surface area contributed by atoms with E-state index in [1.54, 1.807) is 6.49 Å². The zero-order valence-electron chi connectivity index (χ0n) is 26.0. The average molecular weight is 648 g/mol. The van der Waals surface area contributed by atoms with Crippen LogP contribution in [0.15, 0.2) is 106 Å². The third-order valence-corrected chi connectivity index (χ3v) is 17.4. The summed E-state index contributed by atoms with van der Waals surface area (Å²) >= 11 is 3.95. The van der Waals surface area contributed by atoms with Gasteiger partial charge >= 0.3 is 267 Å². The van der Waals surface area contributed by atoms with Crippen LogP contribution in [0.1, 0.15) is 90.5 Å². The Kier molecular flexibility index (Phi) is 7.83. The van der Waals surface area contributed by atoms with Crippen LogP contribution in [-0.2, 0) is 32.1 Å². The van der Waals surface area contributed by atoms with Crippen molar-refractivity contribution in [2.75, 3.05) is 0 Å². The molecule has 0 fully saturated rings. The monoisotopic (exact) mass is 646 g/mol. The first kappa shape index (κ1) is 29.5. The summed E-state index contributed by atoms with van der Waals surface area (Å²) in [5.74, 6) is 0. The molecule has 2 aliphatic rings. The van der Waals surface area contributed by atoms with Crippen LogP contribution in [0.5, 0.6) is 0 Å². The zero-order valence-corrected chi connectivity index (χ0v) is 29.2. The summed E-state index contributed by atoms with van der Waals surface area (Å²) < 4.78 is 3.57. The molecular weight excluding hydrogens is 607 g/mol. The molecule has 0 heterocycles. The van der Waals surface area contributed by atoms with E-state index in [2.05, 4.69) is 146 Å². The van der Waals surface area contributed by atoms with Crippen molar-refractivity contribution in [1.82, 2.24) is 0 Å². The first-order valence-corrected chi connectivity index (χ1v) is 19.4. The molecule has 2 aliphatic carbocycles. The van der Waals surface area contributed by atoms with Crippen molar-refractivity contribution in [2.45, 2.75) is 69.3 Å². The quantitative estimate of drug-likeness (QED) is 0.207. The standard InChI is InChI=1S/C21H25.C14H11Cl.C5H5.Zr/c1-20(2,3)16-7-9-18-14(12-16)11-15-13-17(21(4,5)6)8-10-19(15)18;1-11-5-7-12(8-6-11)9-13-3-2-4-14(15)10-13;1-2-4-5-3-1;/h7-13H,1-6H3;2-8,10H,1H3;1-3H,4H2;. The number of fused-ring (bicyclic) bond motifs is 3. The second kappa shape index (κ2) is 11.2. The zero-order chi connectivity index (χ0) is 29.8. The number of allylic oxidation sites excluding steroid dienone is 4. The molecule has 0 saturated heterocycles. The third-order valence-electron chi connectivity index (χ3n) is 8.88. The molecule has 0 aromatic heterocycles. The molecule has 0 N–H and O–H groups in total. The number of halogens is 1. The van der Waals surface area contributed by atoms with Gasteiger partial charge in [-0.3, -0.25) is 0 Å². The Morgan fingerprint density at radius 2 is 1.31 bits per heavy atom.